The topological polar surface area (TPSA) is 71.6 Å². The molecule has 0 aliphatic rings. The van der Waals surface area contributed by atoms with E-state index in [0.717, 1.165) is 5.56 Å². The van der Waals surface area contributed by atoms with E-state index in [1.807, 2.05) is 0 Å². The van der Waals surface area contributed by atoms with Crippen LogP contribution in [-0.2, 0) is 6.54 Å². The third-order valence-corrected chi connectivity index (χ3v) is 4.53. The van der Waals surface area contributed by atoms with Gasteiger partial charge >= 0.3 is 0 Å². The Hall–Kier alpha value is -3.85. The number of hydrogen-bond donors (Lipinski definition) is 0. The van der Waals surface area contributed by atoms with Gasteiger partial charge in [0, 0.05) is 11.1 Å². The Morgan fingerprint density at radius 2 is 1.75 bits per heavy atom. The molecule has 2 aromatic carbocycles. The minimum absolute atomic E-state index is 0.212. The number of rotatable bonds is 3. The van der Waals surface area contributed by atoms with Gasteiger partial charge in [-0.15, -0.1) is 0 Å². The fraction of sp³-hybridized carbons (Fsp3) is 0.0909. The molecule has 0 saturated heterocycles. The summed E-state index contributed by atoms with van der Waals surface area (Å²) in [4.78, 5) is 16.8. The first-order chi connectivity index (χ1) is 13.6. The van der Waals surface area contributed by atoms with E-state index < -0.39 is 5.95 Å². The molecule has 6 heteroatoms. The maximum Gasteiger partial charge on any atom is 0.274 e. The Morgan fingerprint density at radius 1 is 1.04 bits per heavy atom. The zero-order valence-electron chi connectivity index (χ0n) is 15.1. The summed E-state index contributed by atoms with van der Waals surface area (Å²) in [6.45, 7) is 1.92. The van der Waals surface area contributed by atoms with Crippen LogP contribution < -0.4 is 5.56 Å². The average Bonchev–Trinajstić information content (AvgIpc) is 2.71. The minimum Gasteiger partial charge on any atom is -0.267 e. The molecule has 5 nitrogen and oxygen atoms in total. The number of fused-ring (bicyclic) bond motifs is 1. The van der Waals surface area contributed by atoms with Gasteiger partial charge in [-0.2, -0.15) is 14.8 Å². The largest absolute Gasteiger partial charge is 0.274 e. The third kappa shape index (κ3) is 3.14. The summed E-state index contributed by atoms with van der Waals surface area (Å²) in [6, 6.07) is 19.3. The van der Waals surface area contributed by atoms with Gasteiger partial charge in [0.2, 0.25) is 5.95 Å². The van der Waals surface area contributed by atoms with Crippen LogP contribution >= 0.6 is 0 Å². The highest BCUT2D eigenvalue weighted by atomic mass is 19.1. The van der Waals surface area contributed by atoms with Crippen LogP contribution in [0.25, 0.3) is 22.0 Å². The Bertz CT molecular complexity index is 1290. The van der Waals surface area contributed by atoms with Crippen molar-refractivity contribution in [2.24, 2.45) is 0 Å². The van der Waals surface area contributed by atoms with Crippen LogP contribution in [-0.4, -0.2) is 14.8 Å². The van der Waals surface area contributed by atoms with E-state index in [2.05, 4.69) is 16.2 Å². The van der Waals surface area contributed by atoms with Crippen molar-refractivity contribution in [3.8, 4) is 17.3 Å². The number of nitriles is 1. The molecule has 2 heterocycles. The molecular weight excluding hydrogens is 355 g/mol. The van der Waals surface area contributed by atoms with Gasteiger partial charge in [0.15, 0.2) is 0 Å². The normalized spacial score (nSPS) is 10.8. The zero-order valence-corrected chi connectivity index (χ0v) is 15.1. The lowest BCUT2D eigenvalue weighted by Gasteiger charge is -2.12. The Morgan fingerprint density at radius 3 is 2.43 bits per heavy atom. The lowest BCUT2D eigenvalue weighted by Crippen LogP contribution is -2.24. The lowest BCUT2D eigenvalue weighted by atomic mass is 10.1. The molecule has 0 atom stereocenters. The van der Waals surface area contributed by atoms with Crippen molar-refractivity contribution < 1.29 is 4.39 Å². The van der Waals surface area contributed by atoms with Gasteiger partial charge in [-0.1, -0.05) is 30.3 Å². The summed E-state index contributed by atoms with van der Waals surface area (Å²) < 4.78 is 15.9. The van der Waals surface area contributed by atoms with Gasteiger partial charge in [-0.3, -0.25) is 4.79 Å². The quantitative estimate of drug-likeness (QED) is 0.514. The van der Waals surface area contributed by atoms with Crippen LogP contribution in [0.2, 0.25) is 0 Å². The second-order valence-electron chi connectivity index (χ2n) is 6.46. The van der Waals surface area contributed by atoms with Crippen LogP contribution in [0.4, 0.5) is 4.39 Å². The standard InChI is InChI=1S/C22H15FN4O/c1-14-6-11-19(21(23)25-14)20-17-4-2-3-5-18(17)22(28)27(26-20)13-16-9-7-15(12-24)8-10-16/h2-11H,13H2,1H3. The second-order valence-corrected chi connectivity index (χ2v) is 6.46. The van der Waals surface area contributed by atoms with E-state index >= 15 is 0 Å². The van der Waals surface area contributed by atoms with Crippen LogP contribution in [0.15, 0.2) is 65.5 Å². The van der Waals surface area contributed by atoms with Crippen molar-refractivity contribution in [1.82, 2.24) is 14.8 Å². The summed E-state index contributed by atoms with van der Waals surface area (Å²) >= 11 is 0. The highest BCUT2D eigenvalue weighted by Gasteiger charge is 2.16. The summed E-state index contributed by atoms with van der Waals surface area (Å²) in [5, 5.41) is 14.4. The molecule has 0 radical (unpaired) electrons. The molecule has 2 aromatic heterocycles. The van der Waals surface area contributed by atoms with Crippen LogP contribution in [0.5, 0.6) is 0 Å². The SMILES string of the molecule is Cc1ccc(-c2nn(Cc3ccc(C#N)cc3)c(=O)c3ccccc23)c(F)n1. The lowest BCUT2D eigenvalue weighted by molar-refractivity contribution is 0.581. The van der Waals surface area contributed by atoms with E-state index in [4.69, 9.17) is 5.26 Å². The van der Waals surface area contributed by atoms with Crippen molar-refractivity contribution in [1.29, 1.82) is 5.26 Å². The minimum atomic E-state index is -0.624. The molecule has 0 fully saturated rings. The monoisotopic (exact) mass is 370 g/mol. The van der Waals surface area contributed by atoms with Crippen molar-refractivity contribution in [3.63, 3.8) is 0 Å². The first-order valence-corrected chi connectivity index (χ1v) is 8.69. The molecule has 28 heavy (non-hydrogen) atoms. The van der Waals surface area contributed by atoms with Gasteiger partial charge in [0.1, 0.15) is 5.69 Å². The molecule has 0 amide bonds. The molecule has 0 aliphatic carbocycles. The fourth-order valence-electron chi connectivity index (χ4n) is 3.10. The fourth-order valence-corrected chi connectivity index (χ4v) is 3.10. The number of halogens is 1. The first kappa shape index (κ1) is 17.6. The Balaban J connectivity index is 1.91. The van der Waals surface area contributed by atoms with Gasteiger partial charge in [-0.05, 0) is 42.8 Å². The maximum absolute atomic E-state index is 14.5. The molecule has 4 rings (SSSR count). The van der Waals surface area contributed by atoms with E-state index in [0.29, 0.717) is 27.7 Å². The van der Waals surface area contributed by atoms with E-state index in [-0.39, 0.29) is 17.7 Å². The highest BCUT2D eigenvalue weighted by molar-refractivity contribution is 5.93. The summed E-state index contributed by atoms with van der Waals surface area (Å²) in [6.07, 6.45) is 0. The first-order valence-electron chi connectivity index (χ1n) is 8.69. The predicted molar refractivity (Wildman–Crippen MR) is 104 cm³/mol. The van der Waals surface area contributed by atoms with E-state index in [1.165, 1.54) is 4.68 Å². The van der Waals surface area contributed by atoms with Crippen LogP contribution in [0, 0.1) is 24.2 Å². The molecular formula is C22H15FN4O. The van der Waals surface area contributed by atoms with Gasteiger partial charge in [0.25, 0.3) is 5.56 Å². The van der Waals surface area contributed by atoms with Gasteiger partial charge in [0.05, 0.1) is 29.1 Å². The predicted octanol–water partition coefficient (Wildman–Crippen LogP) is 3.83. The molecule has 0 unspecified atom stereocenters. The number of hydrogen-bond acceptors (Lipinski definition) is 4. The zero-order chi connectivity index (χ0) is 19.7. The Labute approximate surface area is 160 Å². The van der Waals surface area contributed by atoms with E-state index in [9.17, 15) is 9.18 Å². The number of aromatic nitrogens is 3. The van der Waals surface area contributed by atoms with Crippen molar-refractivity contribution >= 4 is 10.8 Å². The molecule has 136 valence electrons. The highest BCUT2D eigenvalue weighted by Crippen LogP contribution is 2.26. The third-order valence-electron chi connectivity index (χ3n) is 4.53. The molecule has 0 spiro atoms. The van der Waals surface area contributed by atoms with Crippen molar-refractivity contribution in [3.05, 3.63) is 93.8 Å². The van der Waals surface area contributed by atoms with Gasteiger partial charge < -0.3 is 0 Å². The maximum atomic E-state index is 14.5. The summed E-state index contributed by atoms with van der Waals surface area (Å²) in [7, 11) is 0. The molecule has 0 bridgehead atoms. The number of pyridine rings is 1. The molecule has 0 saturated carbocycles. The smallest absolute Gasteiger partial charge is 0.267 e. The number of aryl methyl sites for hydroxylation is 1. The molecule has 0 aliphatic heterocycles. The van der Waals surface area contributed by atoms with Crippen molar-refractivity contribution in [2.75, 3.05) is 0 Å². The summed E-state index contributed by atoms with van der Waals surface area (Å²) in [5.41, 5.74) is 2.28. The number of nitrogens with zero attached hydrogens (tertiary/aromatic N) is 4. The second kappa shape index (κ2) is 7.05. The Kier molecular flexibility index (Phi) is 4.42. The number of benzene rings is 2. The average molecular weight is 370 g/mol. The van der Waals surface area contributed by atoms with E-state index in [1.54, 1.807) is 67.6 Å². The molecule has 4 aromatic rings. The van der Waals surface area contributed by atoms with Crippen LogP contribution in [0.1, 0.15) is 16.8 Å². The summed E-state index contributed by atoms with van der Waals surface area (Å²) in [5.74, 6) is -0.624. The molecule has 0 N–H and O–H groups in total. The van der Waals surface area contributed by atoms with Crippen LogP contribution in [0.3, 0.4) is 0 Å². The van der Waals surface area contributed by atoms with Gasteiger partial charge in [-0.25, -0.2) is 9.67 Å². The van der Waals surface area contributed by atoms with Crippen molar-refractivity contribution in [2.45, 2.75) is 13.5 Å².